The molecule has 0 bridgehead atoms. The van der Waals surface area contributed by atoms with Gasteiger partial charge in [-0.3, -0.25) is 4.99 Å². The van der Waals surface area contributed by atoms with E-state index in [1.165, 1.54) is 13.1 Å². The van der Waals surface area contributed by atoms with Gasteiger partial charge in [-0.1, -0.05) is 19.8 Å². The first-order valence-corrected chi connectivity index (χ1v) is 5.73. The average Bonchev–Trinajstić information content (AvgIpc) is 2.26. The molecule has 0 aliphatic carbocycles. The second-order valence-electron chi connectivity index (χ2n) is 3.97. The quantitative estimate of drug-likeness (QED) is 0.342. The van der Waals surface area contributed by atoms with Gasteiger partial charge in [0.15, 0.2) is 0 Å². The van der Waals surface area contributed by atoms with E-state index in [-0.39, 0.29) is 0 Å². The molecule has 0 aromatic heterocycles. The van der Waals surface area contributed by atoms with Gasteiger partial charge in [0, 0.05) is 12.8 Å². The lowest BCUT2D eigenvalue weighted by Gasteiger charge is -2.22. The zero-order valence-electron chi connectivity index (χ0n) is 9.95. The summed E-state index contributed by atoms with van der Waals surface area (Å²) < 4.78 is 0. The fraction of sp³-hybridized carbons (Fsp3) is 0.909. The smallest absolute Gasteiger partial charge is 0.117 e. The first-order chi connectivity index (χ1) is 7.50. The van der Waals surface area contributed by atoms with E-state index in [9.17, 15) is 15.3 Å². The molecule has 16 heavy (non-hydrogen) atoms. The molecule has 5 heteroatoms. The van der Waals surface area contributed by atoms with Crippen LogP contribution in [0.15, 0.2) is 4.99 Å². The Morgan fingerprint density at radius 1 is 1.06 bits per heavy atom. The Labute approximate surface area is 96.5 Å². The molecule has 0 spiro atoms. The van der Waals surface area contributed by atoms with Gasteiger partial charge in [-0.2, -0.15) is 0 Å². The van der Waals surface area contributed by atoms with Gasteiger partial charge in [0.1, 0.15) is 18.3 Å². The fourth-order valence-electron chi connectivity index (χ4n) is 1.21. The van der Waals surface area contributed by atoms with Gasteiger partial charge in [0.2, 0.25) is 0 Å². The van der Waals surface area contributed by atoms with Crippen LogP contribution in [0.5, 0.6) is 0 Å². The number of unbranched alkanes of at least 4 members (excludes halogenated alkanes) is 2. The molecule has 4 atom stereocenters. The number of hydrogen-bond acceptors (Lipinski definition) is 5. The van der Waals surface area contributed by atoms with Crippen molar-refractivity contribution in [2.45, 2.75) is 57.5 Å². The highest BCUT2D eigenvalue weighted by Gasteiger charge is 2.26. The fourth-order valence-corrected chi connectivity index (χ4v) is 1.21. The van der Waals surface area contributed by atoms with Crippen LogP contribution in [-0.2, 0) is 0 Å². The minimum absolute atomic E-state index is 0.600. The standard InChI is InChI=1S/C11H23NO4/c1-3-4-5-6-12-7-9(14)11(16)10(15)8(2)13/h7-11,13-16H,3-6H2,1-2H3/t8-,9+,10+,11-/m0/s1. The molecule has 4 N–H and O–H groups in total. The number of aliphatic hydroxyl groups excluding tert-OH is 4. The first-order valence-electron chi connectivity index (χ1n) is 5.73. The molecule has 0 aliphatic rings. The topological polar surface area (TPSA) is 93.3 Å². The highest BCUT2D eigenvalue weighted by Crippen LogP contribution is 2.03. The second-order valence-corrected chi connectivity index (χ2v) is 3.97. The molecular formula is C11H23NO4. The van der Waals surface area contributed by atoms with Crippen LogP contribution in [0.2, 0.25) is 0 Å². The van der Waals surface area contributed by atoms with E-state index in [1.54, 1.807) is 0 Å². The van der Waals surface area contributed by atoms with E-state index >= 15 is 0 Å². The summed E-state index contributed by atoms with van der Waals surface area (Å²) in [6.07, 6.45) is -0.773. The van der Waals surface area contributed by atoms with E-state index < -0.39 is 24.4 Å². The molecule has 0 rings (SSSR count). The van der Waals surface area contributed by atoms with Gasteiger partial charge >= 0.3 is 0 Å². The lowest BCUT2D eigenvalue weighted by molar-refractivity contribution is -0.0821. The predicted molar refractivity (Wildman–Crippen MR) is 62.6 cm³/mol. The van der Waals surface area contributed by atoms with Crippen molar-refractivity contribution >= 4 is 6.21 Å². The Morgan fingerprint density at radius 3 is 2.19 bits per heavy atom. The average molecular weight is 233 g/mol. The van der Waals surface area contributed by atoms with Crippen molar-refractivity contribution < 1.29 is 20.4 Å². The SMILES string of the molecule is CCCCCN=C[C@@H](O)[C@H](O)[C@H](O)[C@H](C)O. The summed E-state index contributed by atoms with van der Waals surface area (Å²) in [6, 6.07) is 0. The highest BCUT2D eigenvalue weighted by atomic mass is 16.4. The van der Waals surface area contributed by atoms with Gasteiger partial charge < -0.3 is 20.4 Å². The van der Waals surface area contributed by atoms with Gasteiger partial charge in [-0.15, -0.1) is 0 Å². The molecule has 0 unspecified atom stereocenters. The summed E-state index contributed by atoms with van der Waals surface area (Å²) in [5, 5.41) is 37.1. The van der Waals surface area contributed by atoms with Crippen molar-refractivity contribution in [3.8, 4) is 0 Å². The number of aliphatic imine (C=N–C) groups is 1. The summed E-state index contributed by atoms with van der Waals surface area (Å²) in [4.78, 5) is 3.94. The van der Waals surface area contributed by atoms with Gasteiger partial charge in [0.25, 0.3) is 0 Å². The van der Waals surface area contributed by atoms with E-state index in [0.29, 0.717) is 6.54 Å². The van der Waals surface area contributed by atoms with E-state index in [2.05, 4.69) is 11.9 Å². The highest BCUT2D eigenvalue weighted by molar-refractivity contribution is 5.63. The largest absolute Gasteiger partial charge is 0.391 e. The zero-order chi connectivity index (χ0) is 12.6. The van der Waals surface area contributed by atoms with Crippen molar-refractivity contribution in [3.63, 3.8) is 0 Å². The Morgan fingerprint density at radius 2 is 1.69 bits per heavy atom. The maximum atomic E-state index is 9.42. The molecule has 0 saturated carbocycles. The van der Waals surface area contributed by atoms with E-state index in [1.807, 2.05) is 0 Å². The van der Waals surface area contributed by atoms with Crippen LogP contribution in [0.1, 0.15) is 33.1 Å². The Balaban J connectivity index is 3.90. The molecule has 0 radical (unpaired) electrons. The molecule has 0 saturated heterocycles. The van der Waals surface area contributed by atoms with Crippen LogP contribution < -0.4 is 0 Å². The Kier molecular flexibility index (Phi) is 8.37. The first kappa shape index (κ1) is 15.5. The van der Waals surface area contributed by atoms with Crippen LogP contribution in [0, 0.1) is 0 Å². The summed E-state index contributed by atoms with van der Waals surface area (Å²) >= 11 is 0. The minimum atomic E-state index is -1.41. The van der Waals surface area contributed by atoms with Gasteiger partial charge in [-0.05, 0) is 13.3 Å². The summed E-state index contributed by atoms with van der Waals surface area (Å²) in [6.45, 7) is 4.03. The molecule has 0 amide bonds. The van der Waals surface area contributed by atoms with Crippen molar-refractivity contribution in [2.24, 2.45) is 4.99 Å². The Bertz CT molecular complexity index is 196. The Hall–Kier alpha value is -0.490. The zero-order valence-corrected chi connectivity index (χ0v) is 9.95. The molecule has 0 aromatic rings. The molecule has 0 fully saturated rings. The number of hydrogen-bond donors (Lipinski definition) is 4. The van der Waals surface area contributed by atoms with Crippen LogP contribution in [0.4, 0.5) is 0 Å². The van der Waals surface area contributed by atoms with Gasteiger partial charge in [0.05, 0.1) is 6.10 Å². The van der Waals surface area contributed by atoms with Crippen molar-refractivity contribution in [1.29, 1.82) is 0 Å². The number of aliphatic hydroxyl groups is 4. The van der Waals surface area contributed by atoms with Crippen LogP contribution in [-0.4, -0.2) is 57.6 Å². The lowest BCUT2D eigenvalue weighted by atomic mass is 10.1. The number of rotatable bonds is 8. The molecular weight excluding hydrogens is 210 g/mol. The normalized spacial score (nSPS) is 19.6. The van der Waals surface area contributed by atoms with Crippen molar-refractivity contribution in [2.75, 3.05) is 6.54 Å². The third-order valence-corrected chi connectivity index (χ3v) is 2.34. The van der Waals surface area contributed by atoms with Crippen molar-refractivity contribution in [1.82, 2.24) is 0 Å². The summed E-state index contributed by atoms with van der Waals surface area (Å²) in [5.74, 6) is 0. The molecule has 5 nitrogen and oxygen atoms in total. The van der Waals surface area contributed by atoms with Crippen molar-refractivity contribution in [3.05, 3.63) is 0 Å². The third-order valence-electron chi connectivity index (χ3n) is 2.34. The lowest BCUT2D eigenvalue weighted by Crippen LogP contribution is -2.44. The maximum absolute atomic E-state index is 9.42. The monoisotopic (exact) mass is 233 g/mol. The molecule has 96 valence electrons. The minimum Gasteiger partial charge on any atom is -0.391 e. The third kappa shape index (κ3) is 6.17. The molecule has 0 heterocycles. The summed E-state index contributed by atoms with van der Waals surface area (Å²) in [7, 11) is 0. The molecule has 0 aromatic carbocycles. The molecule has 0 aliphatic heterocycles. The van der Waals surface area contributed by atoms with Crippen LogP contribution in [0.25, 0.3) is 0 Å². The van der Waals surface area contributed by atoms with Crippen LogP contribution >= 0.6 is 0 Å². The van der Waals surface area contributed by atoms with E-state index in [4.69, 9.17) is 5.11 Å². The second kappa shape index (κ2) is 8.64. The predicted octanol–water partition coefficient (Wildman–Crippen LogP) is -0.289. The van der Waals surface area contributed by atoms with Gasteiger partial charge in [-0.25, -0.2) is 0 Å². The maximum Gasteiger partial charge on any atom is 0.117 e. The van der Waals surface area contributed by atoms with Crippen LogP contribution in [0.3, 0.4) is 0 Å². The summed E-state index contributed by atoms with van der Waals surface area (Å²) in [5.41, 5.74) is 0. The van der Waals surface area contributed by atoms with E-state index in [0.717, 1.165) is 19.3 Å². The number of nitrogens with zero attached hydrogens (tertiary/aromatic N) is 1.